The lowest BCUT2D eigenvalue weighted by molar-refractivity contribution is 0.0997. The lowest BCUT2D eigenvalue weighted by Crippen LogP contribution is -2.16. The molecule has 2 aromatic heterocycles. The van der Waals surface area contributed by atoms with E-state index in [1.807, 2.05) is 0 Å². The van der Waals surface area contributed by atoms with E-state index in [9.17, 15) is 23.4 Å². The molecule has 4 rings (SSSR count). The van der Waals surface area contributed by atoms with E-state index in [1.54, 1.807) is 34.9 Å². The smallest absolute Gasteiger partial charge is 0.279 e. The van der Waals surface area contributed by atoms with Gasteiger partial charge in [-0.25, -0.2) is 13.6 Å². The zero-order valence-corrected chi connectivity index (χ0v) is 18.2. The lowest BCUT2D eigenvalue weighted by Gasteiger charge is -2.07. The van der Waals surface area contributed by atoms with Gasteiger partial charge >= 0.3 is 0 Å². The molecule has 0 aliphatic heterocycles. The number of aromatic hydroxyl groups is 2. The molecule has 0 unspecified atom stereocenters. The first kappa shape index (κ1) is 21.6. The van der Waals surface area contributed by atoms with Gasteiger partial charge in [0.1, 0.15) is 0 Å². The van der Waals surface area contributed by atoms with Gasteiger partial charge in [-0.1, -0.05) is 23.5 Å². The Bertz CT molecular complexity index is 1520. The third kappa shape index (κ3) is 3.96. The molecule has 0 spiro atoms. The van der Waals surface area contributed by atoms with Gasteiger partial charge in [0.15, 0.2) is 16.6 Å². The third-order valence-electron chi connectivity index (χ3n) is 4.68. The first-order valence-electron chi connectivity index (χ1n) is 9.25. The molecule has 0 aliphatic carbocycles. The monoisotopic (exact) mass is 470 g/mol. The minimum atomic E-state index is -3.87. The molecule has 4 aromatic rings. The summed E-state index contributed by atoms with van der Waals surface area (Å²) in [6.07, 6.45) is 1.64. The van der Waals surface area contributed by atoms with Crippen molar-refractivity contribution in [3.63, 3.8) is 0 Å². The fourth-order valence-electron chi connectivity index (χ4n) is 3.23. The molecular formula is C21H18N4O5S2. The number of aromatic nitrogens is 2. The van der Waals surface area contributed by atoms with Gasteiger partial charge in [-0.15, -0.1) is 6.58 Å². The number of benzene rings is 2. The predicted octanol–water partition coefficient (Wildman–Crippen LogP) is 2.48. The van der Waals surface area contributed by atoms with Gasteiger partial charge in [0.2, 0.25) is 10.0 Å². The first-order chi connectivity index (χ1) is 15.2. The van der Waals surface area contributed by atoms with Crippen LogP contribution in [0.5, 0.6) is 11.8 Å². The van der Waals surface area contributed by atoms with Crippen molar-refractivity contribution in [3.8, 4) is 17.4 Å². The van der Waals surface area contributed by atoms with Crippen LogP contribution in [0.2, 0.25) is 0 Å². The largest absolute Gasteiger partial charge is 0.494 e. The molecule has 0 radical (unpaired) electrons. The van der Waals surface area contributed by atoms with Crippen molar-refractivity contribution in [1.29, 1.82) is 0 Å². The summed E-state index contributed by atoms with van der Waals surface area (Å²) in [5.41, 5.74) is 1.31. The van der Waals surface area contributed by atoms with Crippen molar-refractivity contribution in [2.24, 2.45) is 10.1 Å². The fraction of sp³-hybridized carbons (Fsp3) is 0.0476. The maximum atomic E-state index is 12.9. The number of thiazole rings is 1. The molecule has 0 bridgehead atoms. The van der Waals surface area contributed by atoms with Crippen LogP contribution in [0.15, 0.2) is 77.1 Å². The highest BCUT2D eigenvalue weighted by molar-refractivity contribution is 7.89. The predicted molar refractivity (Wildman–Crippen MR) is 120 cm³/mol. The molecule has 0 fully saturated rings. The van der Waals surface area contributed by atoms with Crippen molar-refractivity contribution in [2.75, 3.05) is 0 Å². The number of sulfonamides is 1. The molecule has 0 saturated carbocycles. The lowest BCUT2D eigenvalue weighted by atomic mass is 10.2. The van der Waals surface area contributed by atoms with Crippen LogP contribution in [0.1, 0.15) is 10.4 Å². The van der Waals surface area contributed by atoms with Crippen LogP contribution in [0.4, 0.5) is 0 Å². The second-order valence-electron chi connectivity index (χ2n) is 6.81. The van der Waals surface area contributed by atoms with Crippen LogP contribution < -0.4 is 9.94 Å². The van der Waals surface area contributed by atoms with Crippen molar-refractivity contribution < 1.29 is 23.4 Å². The molecule has 4 N–H and O–H groups in total. The maximum Gasteiger partial charge on any atom is 0.279 e. The molecule has 32 heavy (non-hydrogen) atoms. The topological polar surface area (TPSA) is 140 Å². The number of hydrogen-bond donors (Lipinski definition) is 3. The van der Waals surface area contributed by atoms with E-state index in [4.69, 9.17) is 5.14 Å². The normalized spacial score (nSPS) is 12.3. The highest BCUT2D eigenvalue weighted by Crippen LogP contribution is 2.27. The Labute approximate surface area is 186 Å². The van der Waals surface area contributed by atoms with E-state index in [-0.39, 0.29) is 22.2 Å². The molecule has 0 aliphatic rings. The minimum Gasteiger partial charge on any atom is -0.494 e. The Kier molecular flexibility index (Phi) is 5.46. The van der Waals surface area contributed by atoms with E-state index in [1.165, 1.54) is 34.9 Å². The Hall–Kier alpha value is -3.67. The van der Waals surface area contributed by atoms with E-state index < -0.39 is 15.9 Å². The van der Waals surface area contributed by atoms with Crippen LogP contribution >= 0.6 is 11.3 Å². The zero-order valence-electron chi connectivity index (χ0n) is 16.5. The number of carbonyl (C=O) groups excluding carboxylic acids is 1. The van der Waals surface area contributed by atoms with Gasteiger partial charge in [-0.3, -0.25) is 9.36 Å². The van der Waals surface area contributed by atoms with Crippen LogP contribution in [-0.4, -0.2) is 33.7 Å². The molecule has 0 atom stereocenters. The Balaban J connectivity index is 1.82. The number of hydrogen-bond acceptors (Lipinski definition) is 6. The second kappa shape index (κ2) is 8.11. The van der Waals surface area contributed by atoms with Crippen molar-refractivity contribution in [1.82, 2.24) is 9.13 Å². The van der Waals surface area contributed by atoms with Crippen molar-refractivity contribution in [2.45, 2.75) is 11.4 Å². The number of nitrogens with two attached hydrogens (primary N) is 1. The number of carbonyl (C=O) groups is 1. The summed E-state index contributed by atoms with van der Waals surface area (Å²) in [4.78, 5) is 17.5. The molecule has 0 saturated heterocycles. The average molecular weight is 471 g/mol. The van der Waals surface area contributed by atoms with Crippen LogP contribution in [0.25, 0.3) is 15.9 Å². The standard InChI is InChI=1S/C21H18N4O5S2/c1-2-10-24-16-7-6-15(32(22,29)30)12-17(16)31-21(24)23-20(28)13-4-3-5-14(11-13)25-18(26)8-9-19(25)27/h2-9,11-12,26-27H,1,10H2,(H2,22,29,30). The number of fused-ring (bicyclic) bond motifs is 1. The zero-order chi connectivity index (χ0) is 23.0. The molecule has 2 aromatic carbocycles. The fourth-order valence-corrected chi connectivity index (χ4v) is 4.92. The average Bonchev–Trinajstić information content (AvgIpc) is 3.26. The summed E-state index contributed by atoms with van der Waals surface area (Å²) in [7, 11) is -3.87. The highest BCUT2D eigenvalue weighted by atomic mass is 32.2. The van der Waals surface area contributed by atoms with Crippen molar-refractivity contribution in [3.05, 3.63) is 77.6 Å². The molecule has 1 amide bonds. The van der Waals surface area contributed by atoms with Crippen LogP contribution in [0, 0.1) is 0 Å². The van der Waals surface area contributed by atoms with Gasteiger partial charge in [-0.05, 0) is 36.4 Å². The maximum absolute atomic E-state index is 12.9. The van der Waals surface area contributed by atoms with Crippen LogP contribution in [-0.2, 0) is 16.6 Å². The summed E-state index contributed by atoms with van der Waals surface area (Å²) in [6.45, 7) is 4.08. The Morgan fingerprint density at radius 2 is 1.84 bits per heavy atom. The number of rotatable bonds is 5. The first-order valence-corrected chi connectivity index (χ1v) is 11.6. The van der Waals surface area contributed by atoms with E-state index in [2.05, 4.69) is 11.6 Å². The molecule has 164 valence electrons. The summed E-state index contributed by atoms with van der Waals surface area (Å²) in [5, 5.41) is 25.1. The molecule has 9 nitrogen and oxygen atoms in total. The van der Waals surface area contributed by atoms with Gasteiger partial charge in [0, 0.05) is 24.2 Å². The number of amides is 1. The Morgan fingerprint density at radius 3 is 2.50 bits per heavy atom. The van der Waals surface area contributed by atoms with E-state index >= 15 is 0 Å². The van der Waals surface area contributed by atoms with Gasteiger partial charge in [0.05, 0.1) is 20.8 Å². The summed E-state index contributed by atoms with van der Waals surface area (Å²) >= 11 is 1.15. The van der Waals surface area contributed by atoms with Crippen LogP contribution in [0.3, 0.4) is 0 Å². The molecular weight excluding hydrogens is 452 g/mol. The summed E-state index contributed by atoms with van der Waals surface area (Å²) in [5.74, 6) is -0.903. The highest BCUT2D eigenvalue weighted by Gasteiger charge is 2.14. The van der Waals surface area contributed by atoms with Gasteiger partial charge in [0.25, 0.3) is 5.91 Å². The quantitative estimate of drug-likeness (QED) is 0.385. The second-order valence-corrected chi connectivity index (χ2v) is 9.38. The van der Waals surface area contributed by atoms with Gasteiger partial charge < -0.3 is 14.8 Å². The van der Waals surface area contributed by atoms with E-state index in [0.717, 1.165) is 11.3 Å². The molecule has 11 heteroatoms. The van der Waals surface area contributed by atoms with Crippen molar-refractivity contribution >= 4 is 37.5 Å². The SMILES string of the molecule is C=CCn1c(=NC(=O)c2cccc(-n3c(O)ccc3O)c2)sc2cc(S(N)(=O)=O)ccc21. The number of nitrogens with zero attached hydrogens (tertiary/aromatic N) is 3. The summed E-state index contributed by atoms with van der Waals surface area (Å²) < 4.78 is 26.9. The number of allylic oxidation sites excluding steroid dienone is 1. The third-order valence-corrected chi connectivity index (χ3v) is 6.63. The van der Waals surface area contributed by atoms with Gasteiger partial charge in [-0.2, -0.15) is 4.99 Å². The molecule has 2 heterocycles. The Morgan fingerprint density at radius 1 is 1.12 bits per heavy atom. The van der Waals surface area contributed by atoms with E-state index in [0.29, 0.717) is 27.3 Å². The number of primary sulfonamides is 1. The minimum absolute atomic E-state index is 0.0334. The summed E-state index contributed by atoms with van der Waals surface area (Å²) in [6, 6.07) is 13.4.